The normalized spacial score (nSPS) is 11.8. The van der Waals surface area contributed by atoms with E-state index in [2.05, 4.69) is 0 Å². The number of hydrogen-bond acceptors (Lipinski definition) is 9. The van der Waals surface area contributed by atoms with Crippen LogP contribution in [0.25, 0.3) is 0 Å². The minimum atomic E-state index is -1.40. The molecule has 1 unspecified atom stereocenters. The van der Waals surface area contributed by atoms with Crippen LogP contribution in [0.15, 0.2) is 0 Å². The Hall–Kier alpha value is -1.61. The molecule has 0 fully saturated rings. The number of rotatable bonds is 14. The topological polar surface area (TPSA) is 116 Å². The predicted molar refractivity (Wildman–Crippen MR) is 91.9 cm³/mol. The van der Waals surface area contributed by atoms with Crippen LogP contribution in [0.3, 0.4) is 0 Å². The van der Waals surface area contributed by atoms with E-state index in [0.29, 0.717) is 19.8 Å². The second-order valence-corrected chi connectivity index (χ2v) is 6.08. The molecule has 0 aliphatic carbocycles. The smallest absolute Gasteiger partial charge is 0.327 e. The molecule has 0 radical (unpaired) electrons. The first-order chi connectivity index (χ1) is 12.6. The van der Waals surface area contributed by atoms with Crippen molar-refractivity contribution in [1.29, 1.82) is 5.26 Å². The number of hydrogen-bond donors (Lipinski definition) is 1. The zero-order chi connectivity index (χ0) is 19.4. The Morgan fingerprint density at radius 1 is 1.12 bits per heavy atom. The van der Waals surface area contributed by atoms with Crippen molar-refractivity contribution in [1.82, 2.24) is 0 Å². The first kappa shape index (κ1) is 22.4. The summed E-state index contributed by atoms with van der Waals surface area (Å²) in [7, 11) is 3.06. The third-order valence-corrected chi connectivity index (χ3v) is 4.49. The highest BCUT2D eigenvalue weighted by Gasteiger charge is 2.30. The van der Waals surface area contributed by atoms with E-state index in [4.69, 9.17) is 45.1 Å². The summed E-state index contributed by atoms with van der Waals surface area (Å²) in [5.74, 6) is -1.17. The number of nitrogens with zero attached hydrogens (tertiary/aromatic N) is 1. The molecular formula is C15H20ClNO8S. The number of thiophene rings is 1. The molecule has 11 heteroatoms. The molecule has 1 heterocycles. The molecule has 0 aliphatic rings. The van der Waals surface area contributed by atoms with Crippen LogP contribution in [0.4, 0.5) is 0 Å². The summed E-state index contributed by atoms with van der Waals surface area (Å²) in [6, 6.07) is 1.93. The van der Waals surface area contributed by atoms with Gasteiger partial charge in [0.05, 0.1) is 31.3 Å². The number of carboxylic acids is 1. The number of alkyl halides is 1. The Balaban J connectivity index is 2.91. The summed E-state index contributed by atoms with van der Waals surface area (Å²) < 4.78 is 31.0. The van der Waals surface area contributed by atoms with Crippen LogP contribution in [0.1, 0.15) is 15.1 Å². The fraction of sp³-hybridized carbons (Fsp3) is 0.600. The highest BCUT2D eigenvalue weighted by Crippen LogP contribution is 2.47. The van der Waals surface area contributed by atoms with Gasteiger partial charge in [0, 0.05) is 14.2 Å². The van der Waals surface area contributed by atoms with Crippen molar-refractivity contribution < 1.29 is 38.3 Å². The lowest BCUT2D eigenvalue weighted by Crippen LogP contribution is -2.12. The number of methoxy groups -OCH3 is 2. The van der Waals surface area contributed by atoms with Gasteiger partial charge in [0.15, 0.2) is 35.3 Å². The summed E-state index contributed by atoms with van der Waals surface area (Å²) >= 11 is 6.79. The van der Waals surface area contributed by atoms with Crippen LogP contribution in [0.5, 0.6) is 11.5 Å². The van der Waals surface area contributed by atoms with E-state index >= 15 is 0 Å². The lowest BCUT2D eigenvalue weighted by Gasteiger charge is -2.12. The van der Waals surface area contributed by atoms with Crippen LogP contribution in [0, 0.1) is 11.3 Å². The van der Waals surface area contributed by atoms with Gasteiger partial charge in [-0.05, 0) is 0 Å². The van der Waals surface area contributed by atoms with Crippen molar-refractivity contribution in [2.45, 2.75) is 5.38 Å². The van der Waals surface area contributed by atoms with E-state index < -0.39 is 11.3 Å². The maximum atomic E-state index is 11.2. The van der Waals surface area contributed by atoms with Gasteiger partial charge in [-0.3, -0.25) is 4.79 Å². The second kappa shape index (κ2) is 12.7. The number of nitriles is 1. The van der Waals surface area contributed by atoms with Gasteiger partial charge in [0.25, 0.3) is 0 Å². The molecule has 26 heavy (non-hydrogen) atoms. The molecule has 1 rings (SSSR count). The zero-order valence-corrected chi connectivity index (χ0v) is 15.9. The van der Waals surface area contributed by atoms with Crippen molar-refractivity contribution in [3.8, 4) is 17.6 Å². The second-order valence-electron chi connectivity index (χ2n) is 4.59. The summed E-state index contributed by atoms with van der Waals surface area (Å²) in [4.78, 5) is 11.5. The molecule has 0 amide bonds. The van der Waals surface area contributed by atoms with Gasteiger partial charge in [-0.15, -0.1) is 22.9 Å². The molecule has 9 nitrogen and oxygen atoms in total. The predicted octanol–water partition coefficient (Wildman–Crippen LogP) is 1.98. The molecule has 146 valence electrons. The molecule has 0 aromatic carbocycles. The van der Waals surface area contributed by atoms with Crippen LogP contribution in [-0.4, -0.2) is 65.3 Å². The number of carbonyl (C=O) groups is 1. The van der Waals surface area contributed by atoms with Crippen molar-refractivity contribution in [3.63, 3.8) is 0 Å². The van der Waals surface area contributed by atoms with Gasteiger partial charge >= 0.3 is 5.97 Å². The van der Waals surface area contributed by atoms with Crippen molar-refractivity contribution in [3.05, 3.63) is 9.75 Å². The molecule has 1 aromatic rings. The molecule has 1 aromatic heterocycles. The maximum Gasteiger partial charge on any atom is 0.327 e. The third kappa shape index (κ3) is 6.95. The molecule has 0 saturated heterocycles. The summed E-state index contributed by atoms with van der Waals surface area (Å²) in [5, 5.41) is 17.0. The summed E-state index contributed by atoms with van der Waals surface area (Å²) in [6.07, 6.45) is 0. The van der Waals surface area contributed by atoms with E-state index in [1.54, 1.807) is 0 Å². The summed E-state index contributed by atoms with van der Waals surface area (Å²) in [6.45, 7) is 0.951. The Morgan fingerprint density at radius 3 is 2.12 bits per heavy atom. The number of ether oxygens (including phenoxy) is 6. The van der Waals surface area contributed by atoms with Crippen molar-refractivity contribution in [2.75, 3.05) is 54.2 Å². The first-order valence-corrected chi connectivity index (χ1v) is 8.64. The molecule has 0 spiro atoms. The van der Waals surface area contributed by atoms with E-state index in [9.17, 15) is 10.1 Å². The molecular weight excluding hydrogens is 390 g/mol. The van der Waals surface area contributed by atoms with Crippen LogP contribution in [0.2, 0.25) is 0 Å². The molecule has 1 N–H and O–H groups in total. The van der Waals surface area contributed by atoms with Gasteiger partial charge in [-0.25, -0.2) is 0 Å². The van der Waals surface area contributed by atoms with Gasteiger partial charge in [-0.1, -0.05) is 0 Å². The average molecular weight is 410 g/mol. The number of aliphatic carboxylic acids is 1. The highest BCUT2D eigenvalue weighted by atomic mass is 35.5. The highest BCUT2D eigenvalue weighted by molar-refractivity contribution is 7.13. The lowest BCUT2D eigenvalue weighted by molar-refractivity contribution is -0.136. The Kier molecular flexibility index (Phi) is 11.0. The molecule has 0 bridgehead atoms. The van der Waals surface area contributed by atoms with Crippen molar-refractivity contribution >= 4 is 28.9 Å². The fourth-order valence-corrected chi connectivity index (χ4v) is 2.83. The van der Waals surface area contributed by atoms with E-state index in [1.165, 1.54) is 14.2 Å². The monoisotopic (exact) mass is 409 g/mol. The Bertz CT molecular complexity index is 603. The van der Waals surface area contributed by atoms with Crippen LogP contribution >= 0.6 is 22.9 Å². The minimum absolute atomic E-state index is 0.0432. The SMILES string of the molecule is COCCOCOc1c(C#N)sc(C(Cl)C(=O)O)c1OCOCCOC. The Morgan fingerprint density at radius 2 is 1.65 bits per heavy atom. The molecule has 0 saturated carbocycles. The largest absolute Gasteiger partial charge is 0.480 e. The number of carboxylic acid groups (broad SMARTS) is 1. The standard InChI is InChI=1S/C15H20ClNO8S/c1-20-3-5-22-8-24-12-10(7-17)26-14(11(16)15(18)19)13(12)25-9-23-6-4-21-2/h11H,3-6,8-9H2,1-2H3,(H,18,19). The zero-order valence-electron chi connectivity index (χ0n) is 14.4. The molecule has 1 atom stereocenters. The minimum Gasteiger partial charge on any atom is -0.480 e. The first-order valence-electron chi connectivity index (χ1n) is 7.39. The van der Waals surface area contributed by atoms with E-state index in [0.717, 1.165) is 11.3 Å². The van der Waals surface area contributed by atoms with E-state index in [1.807, 2.05) is 6.07 Å². The average Bonchev–Trinajstić information content (AvgIpc) is 2.98. The lowest BCUT2D eigenvalue weighted by atomic mass is 10.3. The van der Waals surface area contributed by atoms with Gasteiger partial charge < -0.3 is 33.5 Å². The number of halogens is 1. The van der Waals surface area contributed by atoms with Gasteiger partial charge in [-0.2, -0.15) is 5.26 Å². The Labute approximate surface area is 159 Å². The fourth-order valence-electron chi connectivity index (χ4n) is 1.64. The van der Waals surface area contributed by atoms with Crippen LogP contribution in [-0.2, 0) is 23.7 Å². The maximum absolute atomic E-state index is 11.2. The van der Waals surface area contributed by atoms with Crippen molar-refractivity contribution in [2.24, 2.45) is 0 Å². The summed E-state index contributed by atoms with van der Waals surface area (Å²) in [5.41, 5.74) is 0. The van der Waals surface area contributed by atoms with Gasteiger partial charge in [0.1, 0.15) is 6.07 Å². The van der Waals surface area contributed by atoms with Crippen LogP contribution < -0.4 is 9.47 Å². The van der Waals surface area contributed by atoms with E-state index in [-0.39, 0.29) is 41.4 Å². The van der Waals surface area contributed by atoms with Gasteiger partial charge in [0.2, 0.25) is 0 Å². The quantitative estimate of drug-likeness (QED) is 0.279. The third-order valence-electron chi connectivity index (χ3n) is 2.83. The molecule has 0 aliphatic heterocycles.